The fourth-order valence-corrected chi connectivity index (χ4v) is 2.51. The van der Waals surface area contributed by atoms with E-state index in [0.29, 0.717) is 17.9 Å². The Balaban J connectivity index is 1.46. The van der Waals surface area contributed by atoms with E-state index in [0.717, 1.165) is 11.1 Å². The van der Waals surface area contributed by atoms with Crippen molar-refractivity contribution in [2.24, 2.45) is 0 Å². The predicted molar refractivity (Wildman–Crippen MR) is 104 cm³/mol. The number of benzene rings is 2. The zero-order chi connectivity index (χ0) is 21.4. The number of hydrogen-bond acceptors (Lipinski definition) is 4. The van der Waals surface area contributed by atoms with Crippen LogP contribution in [-0.2, 0) is 13.2 Å². The van der Waals surface area contributed by atoms with E-state index in [1.807, 2.05) is 12.1 Å². The van der Waals surface area contributed by atoms with Crippen LogP contribution in [0, 0.1) is 0 Å². The van der Waals surface area contributed by atoms with Crippen molar-refractivity contribution >= 4 is 5.91 Å². The minimum absolute atomic E-state index is 0.115. The Labute approximate surface area is 171 Å². The third-order valence-corrected chi connectivity index (χ3v) is 4.02. The van der Waals surface area contributed by atoms with Gasteiger partial charge in [-0.25, -0.2) is 0 Å². The summed E-state index contributed by atoms with van der Waals surface area (Å²) in [7, 11) is 0. The lowest BCUT2D eigenvalue weighted by atomic mass is 10.2. The maximum Gasteiger partial charge on any atom is 0.422 e. The summed E-state index contributed by atoms with van der Waals surface area (Å²) in [4.78, 5) is 16.3. The number of alkyl halides is 3. The molecule has 0 aliphatic carbocycles. The van der Waals surface area contributed by atoms with E-state index in [1.165, 1.54) is 12.1 Å². The van der Waals surface area contributed by atoms with Gasteiger partial charge >= 0.3 is 6.18 Å². The van der Waals surface area contributed by atoms with Crippen LogP contribution in [0.5, 0.6) is 11.5 Å². The Morgan fingerprint density at radius 1 is 0.900 bits per heavy atom. The van der Waals surface area contributed by atoms with Crippen molar-refractivity contribution < 1.29 is 27.4 Å². The van der Waals surface area contributed by atoms with Gasteiger partial charge in [0.1, 0.15) is 18.1 Å². The summed E-state index contributed by atoms with van der Waals surface area (Å²) in [5.74, 6) is 0.473. The maximum absolute atomic E-state index is 12.3. The molecular weight excluding hydrogens is 397 g/mol. The quantitative estimate of drug-likeness (QED) is 0.586. The van der Waals surface area contributed by atoms with Gasteiger partial charge < -0.3 is 14.8 Å². The molecule has 0 unspecified atom stereocenters. The van der Waals surface area contributed by atoms with E-state index < -0.39 is 12.8 Å². The van der Waals surface area contributed by atoms with E-state index >= 15 is 0 Å². The first-order valence-electron chi connectivity index (χ1n) is 9.07. The summed E-state index contributed by atoms with van der Waals surface area (Å²) in [6, 6.07) is 16.5. The second-order valence-corrected chi connectivity index (χ2v) is 6.40. The molecule has 1 aromatic heterocycles. The molecule has 5 nitrogen and oxygen atoms in total. The molecule has 1 heterocycles. The Kier molecular flexibility index (Phi) is 6.90. The van der Waals surface area contributed by atoms with Gasteiger partial charge in [0.05, 0.1) is 0 Å². The van der Waals surface area contributed by atoms with E-state index in [2.05, 4.69) is 15.0 Å². The number of hydrogen-bond donors (Lipinski definition) is 1. The highest BCUT2D eigenvalue weighted by Crippen LogP contribution is 2.19. The van der Waals surface area contributed by atoms with Gasteiger partial charge in [-0.05, 0) is 48.0 Å². The van der Waals surface area contributed by atoms with Crippen molar-refractivity contribution in [1.82, 2.24) is 10.3 Å². The molecule has 1 amide bonds. The van der Waals surface area contributed by atoms with Gasteiger partial charge in [0, 0.05) is 30.1 Å². The number of amides is 1. The molecule has 156 valence electrons. The third kappa shape index (κ3) is 6.80. The van der Waals surface area contributed by atoms with Crippen LogP contribution >= 0.6 is 0 Å². The van der Waals surface area contributed by atoms with E-state index in [-0.39, 0.29) is 18.2 Å². The molecule has 0 bridgehead atoms. The average molecular weight is 416 g/mol. The first-order chi connectivity index (χ1) is 14.4. The molecule has 0 aliphatic rings. The largest absolute Gasteiger partial charge is 0.489 e. The van der Waals surface area contributed by atoms with Crippen LogP contribution in [0.3, 0.4) is 0 Å². The van der Waals surface area contributed by atoms with Crippen molar-refractivity contribution in [1.29, 1.82) is 0 Å². The standard InChI is InChI=1S/C22H19F3N2O3/c23-22(24,25)15-30-20-7-3-16(4-8-20)13-27-21(28)18-5-9-19(10-6-18)29-14-17-2-1-11-26-12-17/h1-12H,13-15H2,(H,27,28). The van der Waals surface area contributed by atoms with Crippen LogP contribution in [0.15, 0.2) is 73.1 Å². The zero-order valence-corrected chi connectivity index (χ0v) is 15.9. The highest BCUT2D eigenvalue weighted by Gasteiger charge is 2.28. The Morgan fingerprint density at radius 2 is 1.57 bits per heavy atom. The lowest BCUT2D eigenvalue weighted by Gasteiger charge is -2.10. The number of ether oxygens (including phenoxy) is 2. The summed E-state index contributed by atoms with van der Waals surface area (Å²) < 4.78 is 46.8. The third-order valence-electron chi connectivity index (χ3n) is 4.02. The molecule has 0 saturated heterocycles. The van der Waals surface area contributed by atoms with Crippen LogP contribution in [-0.4, -0.2) is 23.7 Å². The van der Waals surface area contributed by atoms with Gasteiger partial charge in [0.15, 0.2) is 6.61 Å². The van der Waals surface area contributed by atoms with Gasteiger partial charge in [0.25, 0.3) is 5.91 Å². The van der Waals surface area contributed by atoms with Gasteiger partial charge in [0.2, 0.25) is 0 Å². The van der Waals surface area contributed by atoms with Crippen LogP contribution in [0.25, 0.3) is 0 Å². The predicted octanol–water partition coefficient (Wildman–Crippen LogP) is 4.53. The minimum atomic E-state index is -4.38. The van der Waals surface area contributed by atoms with Crippen molar-refractivity contribution in [3.8, 4) is 11.5 Å². The number of nitrogens with one attached hydrogen (secondary N) is 1. The highest BCUT2D eigenvalue weighted by molar-refractivity contribution is 5.94. The molecule has 0 atom stereocenters. The van der Waals surface area contributed by atoms with Crippen molar-refractivity contribution in [3.63, 3.8) is 0 Å². The minimum Gasteiger partial charge on any atom is -0.489 e. The number of aromatic nitrogens is 1. The SMILES string of the molecule is O=C(NCc1ccc(OCC(F)(F)F)cc1)c1ccc(OCc2cccnc2)cc1. The number of rotatable bonds is 8. The monoisotopic (exact) mass is 416 g/mol. The number of pyridine rings is 1. The van der Waals surface area contributed by atoms with Gasteiger partial charge in [-0.1, -0.05) is 18.2 Å². The first kappa shape index (κ1) is 21.2. The Bertz CT molecular complexity index is 944. The normalized spacial score (nSPS) is 11.0. The maximum atomic E-state index is 12.3. The van der Waals surface area contributed by atoms with E-state index in [9.17, 15) is 18.0 Å². The lowest BCUT2D eigenvalue weighted by Crippen LogP contribution is -2.22. The smallest absolute Gasteiger partial charge is 0.422 e. The van der Waals surface area contributed by atoms with Crippen molar-refractivity contribution in [3.05, 3.63) is 89.7 Å². The fraction of sp³-hybridized carbons (Fsp3) is 0.182. The Morgan fingerprint density at radius 3 is 2.20 bits per heavy atom. The first-order valence-corrected chi connectivity index (χ1v) is 9.07. The molecular formula is C22H19F3N2O3. The second-order valence-electron chi connectivity index (χ2n) is 6.40. The molecule has 0 radical (unpaired) electrons. The van der Waals surface area contributed by atoms with Gasteiger partial charge in [-0.3, -0.25) is 9.78 Å². The van der Waals surface area contributed by atoms with Crippen molar-refractivity contribution in [2.45, 2.75) is 19.3 Å². The average Bonchev–Trinajstić information content (AvgIpc) is 2.76. The number of carbonyl (C=O) groups excluding carboxylic acids is 1. The Hall–Kier alpha value is -3.55. The number of nitrogens with zero attached hydrogens (tertiary/aromatic N) is 1. The van der Waals surface area contributed by atoms with Gasteiger partial charge in [-0.2, -0.15) is 13.2 Å². The van der Waals surface area contributed by atoms with Crippen LogP contribution in [0.4, 0.5) is 13.2 Å². The molecule has 0 aliphatic heterocycles. The molecule has 0 fully saturated rings. The summed E-state index contributed by atoms with van der Waals surface area (Å²) in [5, 5.41) is 2.76. The zero-order valence-electron chi connectivity index (χ0n) is 15.9. The highest BCUT2D eigenvalue weighted by atomic mass is 19.4. The summed E-state index contributed by atoms with van der Waals surface area (Å²) in [6.07, 6.45) is -0.976. The molecule has 0 saturated carbocycles. The molecule has 2 aromatic carbocycles. The molecule has 0 spiro atoms. The summed E-state index contributed by atoms with van der Waals surface area (Å²) in [6.45, 7) is -0.731. The van der Waals surface area contributed by atoms with Crippen molar-refractivity contribution in [2.75, 3.05) is 6.61 Å². The number of carbonyl (C=O) groups is 1. The molecule has 3 rings (SSSR count). The summed E-state index contributed by atoms with van der Waals surface area (Å²) >= 11 is 0. The topological polar surface area (TPSA) is 60.5 Å². The second kappa shape index (κ2) is 9.78. The lowest BCUT2D eigenvalue weighted by molar-refractivity contribution is -0.153. The van der Waals surface area contributed by atoms with E-state index in [1.54, 1.807) is 48.8 Å². The van der Waals surface area contributed by atoms with Crippen LogP contribution in [0.2, 0.25) is 0 Å². The fourth-order valence-electron chi connectivity index (χ4n) is 2.51. The van der Waals surface area contributed by atoms with Crippen LogP contribution in [0.1, 0.15) is 21.5 Å². The van der Waals surface area contributed by atoms with E-state index in [4.69, 9.17) is 4.74 Å². The van der Waals surface area contributed by atoms with Crippen LogP contribution < -0.4 is 14.8 Å². The summed E-state index contributed by atoms with van der Waals surface area (Å²) in [5.41, 5.74) is 2.14. The molecule has 8 heteroatoms. The molecule has 30 heavy (non-hydrogen) atoms. The number of halogens is 3. The molecule has 1 N–H and O–H groups in total. The van der Waals surface area contributed by atoms with Gasteiger partial charge in [-0.15, -0.1) is 0 Å². The molecule has 3 aromatic rings.